The van der Waals surface area contributed by atoms with Crippen LogP contribution in [0, 0.1) is 24.2 Å². The molecule has 6 heteroatoms. The van der Waals surface area contributed by atoms with Crippen molar-refractivity contribution in [1.82, 2.24) is 14.9 Å². The fraction of sp³-hybridized carbons (Fsp3) is 0.567. The number of ether oxygens (including phenoxy) is 1. The van der Waals surface area contributed by atoms with Crippen molar-refractivity contribution in [3.63, 3.8) is 0 Å². The van der Waals surface area contributed by atoms with Crippen molar-refractivity contribution >= 4 is 16.6 Å². The number of aliphatic hydroxyl groups is 2. The van der Waals surface area contributed by atoms with Crippen LogP contribution in [0.3, 0.4) is 0 Å². The average molecular weight is 488 g/mol. The van der Waals surface area contributed by atoms with Crippen molar-refractivity contribution < 1.29 is 14.9 Å². The molecule has 0 amide bonds. The van der Waals surface area contributed by atoms with Gasteiger partial charge >= 0.3 is 0 Å². The molecule has 1 saturated carbocycles. The Labute approximate surface area is 212 Å². The van der Waals surface area contributed by atoms with Crippen LogP contribution < -0.4 is 0 Å². The molecule has 8 atom stereocenters. The van der Waals surface area contributed by atoms with Crippen molar-refractivity contribution in [2.45, 2.75) is 75.9 Å². The molecule has 5 aliphatic rings. The molecule has 1 saturated heterocycles. The van der Waals surface area contributed by atoms with E-state index in [0.29, 0.717) is 18.3 Å². The second kappa shape index (κ2) is 7.19. The number of hydrogen-bond donors (Lipinski definition) is 3. The van der Waals surface area contributed by atoms with Crippen LogP contribution in [0.15, 0.2) is 47.6 Å². The zero-order chi connectivity index (χ0) is 25.2. The zero-order valence-electron chi connectivity index (χ0n) is 21.9. The number of aliphatic hydroxyl groups excluding tert-OH is 2. The quantitative estimate of drug-likeness (QED) is 0.593. The number of hydrogen-bond acceptors (Lipinski definition) is 5. The number of aryl methyl sites for hydroxylation is 1. The Morgan fingerprint density at radius 1 is 1.19 bits per heavy atom. The van der Waals surface area contributed by atoms with E-state index in [2.05, 4.69) is 60.2 Å². The lowest BCUT2D eigenvalue weighted by atomic mass is 9.54. The van der Waals surface area contributed by atoms with Gasteiger partial charge in [-0.1, -0.05) is 38.1 Å². The molecular formula is C30H37N3O3. The van der Waals surface area contributed by atoms with Gasteiger partial charge in [0.1, 0.15) is 11.9 Å². The molecule has 7 rings (SSSR count). The highest BCUT2D eigenvalue weighted by atomic mass is 16.5. The predicted molar refractivity (Wildman–Crippen MR) is 140 cm³/mol. The van der Waals surface area contributed by atoms with Crippen molar-refractivity contribution in [2.24, 2.45) is 17.3 Å². The first-order chi connectivity index (χ1) is 17.1. The largest absolute Gasteiger partial charge is 0.388 e. The summed E-state index contributed by atoms with van der Waals surface area (Å²) in [6, 6.07) is 6.48. The van der Waals surface area contributed by atoms with E-state index >= 15 is 0 Å². The number of fused-ring (bicyclic) bond motifs is 2. The van der Waals surface area contributed by atoms with Crippen molar-refractivity contribution in [3.8, 4) is 0 Å². The number of H-pyrrole nitrogens is 1. The molecule has 190 valence electrons. The lowest BCUT2D eigenvalue weighted by molar-refractivity contribution is -0.165. The number of allylic oxidation sites excluding steroid dienone is 3. The second-order valence-corrected chi connectivity index (χ2v) is 12.4. The van der Waals surface area contributed by atoms with Crippen LogP contribution in [0.25, 0.3) is 16.6 Å². The number of aromatic amines is 1. The van der Waals surface area contributed by atoms with E-state index in [9.17, 15) is 10.2 Å². The van der Waals surface area contributed by atoms with Crippen LogP contribution in [-0.2, 0) is 4.74 Å². The minimum atomic E-state index is -0.895. The fourth-order valence-electron chi connectivity index (χ4n) is 8.56. The molecule has 2 bridgehead atoms. The summed E-state index contributed by atoms with van der Waals surface area (Å²) in [7, 11) is 3.96. The fourth-order valence-corrected chi connectivity index (χ4v) is 8.56. The second-order valence-electron chi connectivity index (χ2n) is 12.4. The van der Waals surface area contributed by atoms with Crippen LogP contribution in [0.4, 0.5) is 0 Å². The maximum atomic E-state index is 11.2. The van der Waals surface area contributed by atoms with Gasteiger partial charge in [-0.15, -0.1) is 0 Å². The Morgan fingerprint density at radius 2 is 2.00 bits per heavy atom. The van der Waals surface area contributed by atoms with Crippen molar-refractivity contribution in [1.29, 1.82) is 0 Å². The molecule has 3 aliphatic carbocycles. The first kappa shape index (κ1) is 22.9. The van der Waals surface area contributed by atoms with Crippen molar-refractivity contribution in [3.05, 3.63) is 59.0 Å². The summed E-state index contributed by atoms with van der Waals surface area (Å²) >= 11 is 0. The summed E-state index contributed by atoms with van der Waals surface area (Å²) in [4.78, 5) is 10.0. The van der Waals surface area contributed by atoms with Crippen LogP contribution in [0.2, 0.25) is 0 Å². The van der Waals surface area contributed by atoms with Gasteiger partial charge in [0.05, 0.1) is 28.3 Å². The minimum absolute atomic E-state index is 0.0587. The smallest absolute Gasteiger partial charge is 0.105 e. The highest BCUT2D eigenvalue weighted by molar-refractivity contribution is 5.83. The third-order valence-electron chi connectivity index (χ3n) is 10.6. The van der Waals surface area contributed by atoms with Crippen LogP contribution in [0.1, 0.15) is 50.9 Å². The number of aromatic nitrogens is 2. The molecular weight excluding hydrogens is 450 g/mol. The Morgan fingerprint density at radius 3 is 2.78 bits per heavy atom. The predicted octanol–water partition coefficient (Wildman–Crippen LogP) is 4.14. The number of benzene rings is 1. The van der Waals surface area contributed by atoms with Gasteiger partial charge < -0.3 is 24.8 Å². The lowest BCUT2D eigenvalue weighted by Crippen LogP contribution is -2.62. The van der Waals surface area contributed by atoms with E-state index in [1.807, 2.05) is 25.9 Å². The van der Waals surface area contributed by atoms with Crippen LogP contribution in [-0.4, -0.2) is 68.6 Å². The van der Waals surface area contributed by atoms with E-state index in [1.165, 1.54) is 16.7 Å². The Kier molecular flexibility index (Phi) is 4.58. The third kappa shape index (κ3) is 2.68. The standard InChI is InChI=1S/C30H37N3O3/c1-16-12-19-14-21-26(34)27(35)24(33(4)5)15-29(21)10-11-30(19,36-29)25-9-7-20(28(16,25)3)18-6-8-22-23(13-18)32-17(2)31-22/h6-8,12-14,16,24-27,34-35H,9-11,15H2,1-5H3,(H,31,32)/t16?,24-,25?,26+,27+,28+,29+,30+/m0/s1. The lowest BCUT2D eigenvalue weighted by Gasteiger charge is -2.57. The number of rotatable bonds is 2. The van der Waals surface area contributed by atoms with Gasteiger partial charge in [-0.05, 0) is 87.0 Å². The normalized spacial score (nSPS) is 43.1. The minimum Gasteiger partial charge on any atom is -0.388 e. The van der Waals surface area contributed by atoms with E-state index in [4.69, 9.17) is 4.74 Å². The first-order valence-electron chi connectivity index (χ1n) is 13.4. The highest BCUT2D eigenvalue weighted by Crippen LogP contribution is 2.69. The number of nitrogens with one attached hydrogen (secondary N) is 1. The molecule has 2 unspecified atom stereocenters. The average Bonchev–Trinajstić information content (AvgIpc) is 3.49. The third-order valence-corrected chi connectivity index (χ3v) is 10.6. The van der Waals surface area contributed by atoms with Gasteiger partial charge in [0.15, 0.2) is 0 Å². The van der Waals surface area contributed by atoms with E-state index in [-0.39, 0.29) is 17.1 Å². The molecule has 36 heavy (non-hydrogen) atoms. The van der Waals surface area contributed by atoms with Crippen LogP contribution >= 0.6 is 0 Å². The summed E-state index contributed by atoms with van der Waals surface area (Å²) in [5, 5.41) is 22.1. The van der Waals surface area contributed by atoms with E-state index < -0.39 is 17.8 Å². The molecule has 2 aromatic rings. The molecule has 2 spiro atoms. The highest BCUT2D eigenvalue weighted by Gasteiger charge is 2.68. The van der Waals surface area contributed by atoms with Crippen LogP contribution in [0.5, 0.6) is 0 Å². The van der Waals surface area contributed by atoms with Gasteiger partial charge in [0, 0.05) is 17.4 Å². The molecule has 3 heterocycles. The summed E-state index contributed by atoms with van der Waals surface area (Å²) in [5.41, 5.74) is 5.95. The summed E-state index contributed by atoms with van der Waals surface area (Å²) < 4.78 is 7.28. The number of imidazole rings is 1. The summed E-state index contributed by atoms with van der Waals surface area (Å²) in [6.07, 6.45) is 8.90. The summed E-state index contributed by atoms with van der Waals surface area (Å²) in [5.74, 6) is 1.58. The van der Waals surface area contributed by atoms with Gasteiger partial charge in [-0.25, -0.2) is 4.98 Å². The van der Waals surface area contributed by atoms with Gasteiger partial charge in [0.2, 0.25) is 0 Å². The number of likely N-dealkylation sites (N-methyl/N-ethyl adjacent to an activating group) is 1. The molecule has 3 N–H and O–H groups in total. The Hall–Kier alpha value is -2.25. The SMILES string of the molecule is Cc1nc2ccc(C3=CCC4[C@]3(C)C(C)C=C3C=C5[C@@H](O)[C@H](O)[C@@H](N(C)C)C[C@]56CC[C@@]34O6)cc2[nH]1. The molecule has 6 nitrogen and oxygen atoms in total. The summed E-state index contributed by atoms with van der Waals surface area (Å²) in [6.45, 7) is 6.76. The van der Waals surface area contributed by atoms with Crippen molar-refractivity contribution in [2.75, 3.05) is 14.1 Å². The van der Waals surface area contributed by atoms with Gasteiger partial charge in [-0.3, -0.25) is 0 Å². The Bertz CT molecular complexity index is 1370. The molecule has 0 radical (unpaired) electrons. The molecule has 2 aliphatic heterocycles. The number of nitrogens with zero attached hydrogens (tertiary/aromatic N) is 2. The van der Waals surface area contributed by atoms with Gasteiger partial charge in [0.25, 0.3) is 0 Å². The monoisotopic (exact) mass is 487 g/mol. The zero-order valence-corrected chi connectivity index (χ0v) is 21.9. The first-order valence-corrected chi connectivity index (χ1v) is 13.4. The molecule has 1 aromatic carbocycles. The van der Waals surface area contributed by atoms with E-state index in [0.717, 1.165) is 41.7 Å². The maximum absolute atomic E-state index is 11.2. The molecule has 2 fully saturated rings. The van der Waals surface area contributed by atoms with E-state index in [1.54, 1.807) is 0 Å². The maximum Gasteiger partial charge on any atom is 0.105 e. The topological polar surface area (TPSA) is 81.6 Å². The molecule has 1 aromatic heterocycles. The van der Waals surface area contributed by atoms with Gasteiger partial charge in [-0.2, -0.15) is 0 Å². The Balaban J connectivity index is 1.33.